The van der Waals surface area contributed by atoms with Gasteiger partial charge in [-0.2, -0.15) is 0 Å². The Morgan fingerprint density at radius 3 is 2.24 bits per heavy atom. The number of benzene rings is 2. The highest BCUT2D eigenvalue weighted by Crippen LogP contribution is 2.28. The quantitative estimate of drug-likeness (QED) is 0.889. The van der Waals surface area contributed by atoms with Gasteiger partial charge in [-0.15, -0.1) is 0 Å². The molecule has 1 unspecified atom stereocenters. The summed E-state index contributed by atoms with van der Waals surface area (Å²) in [6, 6.07) is 11.8. The minimum Gasteiger partial charge on any atom is -0.493 e. The van der Waals surface area contributed by atoms with Crippen LogP contribution in [-0.2, 0) is 12.8 Å². The molecule has 1 atom stereocenters. The normalized spacial score (nSPS) is 12.0. The van der Waals surface area contributed by atoms with E-state index in [1.807, 2.05) is 18.2 Å². The molecule has 0 saturated carbocycles. The van der Waals surface area contributed by atoms with Crippen LogP contribution in [0.1, 0.15) is 11.1 Å². The van der Waals surface area contributed by atoms with Gasteiger partial charge in [0.05, 0.1) is 20.3 Å². The highest BCUT2D eigenvalue weighted by Gasteiger charge is 2.10. The molecule has 2 rings (SSSR count). The lowest BCUT2D eigenvalue weighted by Gasteiger charge is -2.13. The van der Waals surface area contributed by atoms with Gasteiger partial charge in [0.1, 0.15) is 5.82 Å². The number of hydrogen-bond acceptors (Lipinski definition) is 3. The lowest BCUT2D eigenvalue weighted by atomic mass is 10.0. The molecule has 0 aromatic heterocycles. The average Bonchev–Trinajstić information content (AvgIpc) is 2.47. The number of rotatable bonds is 6. The molecule has 3 nitrogen and oxygen atoms in total. The summed E-state index contributed by atoms with van der Waals surface area (Å²) in [6.07, 6.45) is 0.299. The summed E-state index contributed by atoms with van der Waals surface area (Å²) in [5.74, 6) is 1.000. The van der Waals surface area contributed by atoms with Crippen LogP contribution in [0.15, 0.2) is 42.5 Å². The van der Waals surface area contributed by atoms with Gasteiger partial charge in [-0.1, -0.05) is 18.2 Å². The molecule has 0 bridgehead atoms. The Morgan fingerprint density at radius 2 is 1.62 bits per heavy atom. The molecular weight excluding hydrogens is 271 g/mol. The first-order valence-electron chi connectivity index (χ1n) is 6.75. The molecule has 1 N–H and O–H groups in total. The van der Waals surface area contributed by atoms with E-state index in [2.05, 4.69) is 0 Å². The number of aliphatic hydroxyl groups is 1. The summed E-state index contributed by atoms with van der Waals surface area (Å²) < 4.78 is 23.5. The van der Waals surface area contributed by atoms with Crippen LogP contribution in [0.2, 0.25) is 0 Å². The molecule has 4 heteroatoms. The number of halogens is 1. The fourth-order valence-corrected chi connectivity index (χ4v) is 2.29. The van der Waals surface area contributed by atoms with E-state index in [-0.39, 0.29) is 5.82 Å². The third-order valence-corrected chi connectivity index (χ3v) is 3.28. The fraction of sp³-hybridized carbons (Fsp3) is 0.294. The maximum atomic E-state index is 13.1. The zero-order chi connectivity index (χ0) is 15.2. The Morgan fingerprint density at radius 1 is 0.952 bits per heavy atom. The summed E-state index contributed by atoms with van der Waals surface area (Å²) in [5.41, 5.74) is 1.72. The number of methoxy groups -OCH3 is 2. The molecule has 0 radical (unpaired) electrons. The third kappa shape index (κ3) is 4.20. The molecule has 21 heavy (non-hydrogen) atoms. The number of hydrogen-bond donors (Lipinski definition) is 1. The van der Waals surface area contributed by atoms with Gasteiger partial charge in [0.2, 0.25) is 0 Å². The van der Waals surface area contributed by atoms with E-state index < -0.39 is 6.10 Å². The van der Waals surface area contributed by atoms with Crippen LogP contribution in [0.5, 0.6) is 11.5 Å². The van der Waals surface area contributed by atoms with E-state index >= 15 is 0 Å². The minimum absolute atomic E-state index is 0.286. The lowest BCUT2D eigenvalue weighted by Crippen LogP contribution is -2.14. The van der Waals surface area contributed by atoms with Crippen molar-refractivity contribution in [3.63, 3.8) is 0 Å². The van der Waals surface area contributed by atoms with Crippen molar-refractivity contribution in [1.29, 1.82) is 0 Å². The van der Waals surface area contributed by atoms with Gasteiger partial charge in [0.25, 0.3) is 0 Å². The van der Waals surface area contributed by atoms with Crippen molar-refractivity contribution in [2.75, 3.05) is 14.2 Å². The molecule has 0 fully saturated rings. The summed E-state index contributed by atoms with van der Waals surface area (Å²) in [7, 11) is 3.15. The van der Waals surface area contributed by atoms with Crippen molar-refractivity contribution >= 4 is 0 Å². The Labute approximate surface area is 124 Å². The van der Waals surface area contributed by atoms with E-state index in [1.54, 1.807) is 26.4 Å². The SMILES string of the molecule is COc1ccc(CC(O)Cc2cccc(F)c2)cc1OC. The molecule has 112 valence electrons. The van der Waals surface area contributed by atoms with Crippen molar-refractivity contribution in [3.05, 3.63) is 59.4 Å². The van der Waals surface area contributed by atoms with Crippen LogP contribution in [0.25, 0.3) is 0 Å². The maximum absolute atomic E-state index is 13.1. The van der Waals surface area contributed by atoms with Crippen molar-refractivity contribution in [3.8, 4) is 11.5 Å². The summed E-state index contributed by atoms with van der Waals surface area (Å²) >= 11 is 0. The highest BCUT2D eigenvalue weighted by molar-refractivity contribution is 5.43. The molecule has 2 aromatic carbocycles. The second-order valence-corrected chi connectivity index (χ2v) is 4.88. The van der Waals surface area contributed by atoms with E-state index in [4.69, 9.17) is 9.47 Å². The number of aliphatic hydroxyl groups excluding tert-OH is 1. The third-order valence-electron chi connectivity index (χ3n) is 3.28. The van der Waals surface area contributed by atoms with E-state index in [9.17, 15) is 9.50 Å². The smallest absolute Gasteiger partial charge is 0.160 e. The van der Waals surface area contributed by atoms with Crippen LogP contribution in [0.4, 0.5) is 4.39 Å². The van der Waals surface area contributed by atoms with Gasteiger partial charge in [0, 0.05) is 0 Å². The second kappa shape index (κ2) is 7.09. The van der Waals surface area contributed by atoms with Crippen LogP contribution < -0.4 is 9.47 Å². The predicted octanol–water partition coefficient (Wildman–Crippen LogP) is 2.99. The molecule has 0 saturated heterocycles. The molecule has 0 amide bonds. The Balaban J connectivity index is 2.04. The molecule has 0 aliphatic carbocycles. The monoisotopic (exact) mass is 290 g/mol. The Kier molecular flexibility index (Phi) is 5.17. The largest absolute Gasteiger partial charge is 0.493 e. The van der Waals surface area contributed by atoms with Crippen molar-refractivity contribution in [2.24, 2.45) is 0 Å². The minimum atomic E-state index is -0.579. The van der Waals surface area contributed by atoms with Crippen LogP contribution >= 0.6 is 0 Å². The fourth-order valence-electron chi connectivity index (χ4n) is 2.29. The Hall–Kier alpha value is -2.07. The molecular formula is C17H19FO3. The molecule has 0 heterocycles. The van der Waals surface area contributed by atoms with E-state index in [0.29, 0.717) is 24.3 Å². The topological polar surface area (TPSA) is 38.7 Å². The van der Waals surface area contributed by atoms with Crippen LogP contribution in [0.3, 0.4) is 0 Å². The molecule has 2 aromatic rings. The van der Waals surface area contributed by atoms with Gasteiger partial charge >= 0.3 is 0 Å². The van der Waals surface area contributed by atoms with E-state index in [1.165, 1.54) is 12.1 Å². The van der Waals surface area contributed by atoms with Crippen molar-refractivity contribution in [1.82, 2.24) is 0 Å². The number of ether oxygens (including phenoxy) is 2. The van der Waals surface area contributed by atoms with E-state index in [0.717, 1.165) is 11.1 Å². The molecule has 0 aliphatic heterocycles. The van der Waals surface area contributed by atoms with Gasteiger partial charge in [-0.05, 0) is 48.2 Å². The van der Waals surface area contributed by atoms with Gasteiger partial charge in [-0.3, -0.25) is 0 Å². The van der Waals surface area contributed by atoms with Crippen LogP contribution in [0, 0.1) is 5.82 Å². The first kappa shape index (κ1) is 15.3. The second-order valence-electron chi connectivity index (χ2n) is 4.88. The standard InChI is InChI=1S/C17H19FO3/c1-20-16-7-6-13(11-17(16)21-2)10-15(19)9-12-4-3-5-14(18)8-12/h3-8,11,15,19H,9-10H2,1-2H3. The Bertz CT molecular complexity index is 598. The summed E-state index contributed by atoms with van der Waals surface area (Å²) in [6.45, 7) is 0. The molecule has 0 aliphatic rings. The van der Waals surface area contributed by atoms with Crippen LogP contribution in [-0.4, -0.2) is 25.4 Å². The van der Waals surface area contributed by atoms with Gasteiger partial charge < -0.3 is 14.6 Å². The van der Waals surface area contributed by atoms with Crippen molar-refractivity contribution < 1.29 is 19.0 Å². The summed E-state index contributed by atoms with van der Waals surface area (Å²) in [4.78, 5) is 0. The average molecular weight is 290 g/mol. The first-order valence-corrected chi connectivity index (χ1v) is 6.75. The highest BCUT2D eigenvalue weighted by atomic mass is 19.1. The maximum Gasteiger partial charge on any atom is 0.160 e. The predicted molar refractivity (Wildman–Crippen MR) is 79.4 cm³/mol. The first-order chi connectivity index (χ1) is 10.1. The zero-order valence-electron chi connectivity index (χ0n) is 12.2. The zero-order valence-corrected chi connectivity index (χ0v) is 12.2. The van der Waals surface area contributed by atoms with Gasteiger partial charge in [0.15, 0.2) is 11.5 Å². The molecule has 0 spiro atoms. The van der Waals surface area contributed by atoms with Gasteiger partial charge in [-0.25, -0.2) is 4.39 Å². The van der Waals surface area contributed by atoms with Crippen molar-refractivity contribution in [2.45, 2.75) is 18.9 Å². The lowest BCUT2D eigenvalue weighted by molar-refractivity contribution is 0.175. The summed E-state index contributed by atoms with van der Waals surface area (Å²) in [5, 5.41) is 10.1.